The Balaban J connectivity index is 2.54. The van der Waals surface area contributed by atoms with Crippen LogP contribution in [0.15, 0.2) is 18.2 Å². The van der Waals surface area contributed by atoms with Gasteiger partial charge in [0.05, 0.1) is 0 Å². The molecule has 0 fully saturated rings. The maximum atomic E-state index is 6.03. The van der Waals surface area contributed by atoms with Crippen LogP contribution in [0, 0.1) is 19.8 Å². The van der Waals surface area contributed by atoms with Gasteiger partial charge < -0.3 is 10.5 Å². The quantitative estimate of drug-likeness (QED) is 0.829. The third-order valence-corrected chi connectivity index (χ3v) is 3.01. The van der Waals surface area contributed by atoms with Crippen LogP contribution in [-0.4, -0.2) is 12.6 Å². The summed E-state index contributed by atoms with van der Waals surface area (Å²) >= 11 is 0. The highest BCUT2D eigenvalue weighted by Crippen LogP contribution is 2.17. The summed E-state index contributed by atoms with van der Waals surface area (Å²) in [6.45, 7) is 9.07. The normalized spacial score (nSPS) is 14.6. The van der Waals surface area contributed by atoms with E-state index in [1.807, 2.05) is 0 Å². The van der Waals surface area contributed by atoms with Crippen molar-refractivity contribution in [2.75, 3.05) is 6.61 Å². The predicted octanol–water partition coefficient (Wildman–Crippen LogP) is 3.06. The van der Waals surface area contributed by atoms with Crippen LogP contribution in [0.3, 0.4) is 0 Å². The van der Waals surface area contributed by atoms with Crippen LogP contribution >= 0.6 is 0 Å². The Morgan fingerprint density at radius 3 is 2.25 bits per heavy atom. The largest absolute Gasteiger partial charge is 0.492 e. The molecule has 0 aromatic heterocycles. The fraction of sp³-hybridized carbons (Fsp3) is 0.571. The van der Waals surface area contributed by atoms with Gasteiger partial charge in [-0.25, -0.2) is 0 Å². The van der Waals surface area contributed by atoms with E-state index in [-0.39, 0.29) is 6.04 Å². The first kappa shape index (κ1) is 13.0. The number of benzene rings is 1. The molecule has 90 valence electrons. The highest BCUT2D eigenvalue weighted by molar-refractivity contribution is 5.32. The predicted molar refractivity (Wildman–Crippen MR) is 68.8 cm³/mol. The smallest absolute Gasteiger partial charge is 0.119 e. The average Bonchev–Trinajstić information content (AvgIpc) is 2.23. The molecule has 16 heavy (non-hydrogen) atoms. The maximum Gasteiger partial charge on any atom is 0.119 e. The van der Waals surface area contributed by atoms with E-state index in [1.54, 1.807) is 0 Å². The molecule has 1 aromatic rings. The summed E-state index contributed by atoms with van der Waals surface area (Å²) in [5, 5.41) is 0. The molecule has 2 N–H and O–H groups in total. The fourth-order valence-corrected chi connectivity index (χ4v) is 1.68. The van der Waals surface area contributed by atoms with Gasteiger partial charge in [-0.05, 0) is 43.0 Å². The molecule has 2 unspecified atom stereocenters. The Morgan fingerprint density at radius 2 is 1.75 bits per heavy atom. The van der Waals surface area contributed by atoms with E-state index < -0.39 is 0 Å². The lowest BCUT2D eigenvalue weighted by atomic mass is 10.0. The first-order valence-electron chi connectivity index (χ1n) is 5.99. The molecular weight excluding hydrogens is 198 g/mol. The molecule has 2 heteroatoms. The van der Waals surface area contributed by atoms with E-state index in [0.29, 0.717) is 12.5 Å². The first-order valence-corrected chi connectivity index (χ1v) is 5.99. The topological polar surface area (TPSA) is 35.2 Å². The van der Waals surface area contributed by atoms with Crippen LogP contribution in [0.2, 0.25) is 0 Å². The van der Waals surface area contributed by atoms with Gasteiger partial charge in [0.15, 0.2) is 0 Å². The lowest BCUT2D eigenvalue weighted by Crippen LogP contribution is -2.34. The van der Waals surface area contributed by atoms with Crippen molar-refractivity contribution in [1.82, 2.24) is 0 Å². The highest BCUT2D eigenvalue weighted by Gasteiger charge is 2.11. The van der Waals surface area contributed by atoms with Crippen LogP contribution in [-0.2, 0) is 0 Å². The number of nitrogens with two attached hydrogens (primary N) is 1. The van der Waals surface area contributed by atoms with Crippen molar-refractivity contribution in [3.8, 4) is 5.75 Å². The molecule has 0 amide bonds. The van der Waals surface area contributed by atoms with Gasteiger partial charge in [-0.1, -0.05) is 26.3 Å². The summed E-state index contributed by atoms with van der Waals surface area (Å²) in [7, 11) is 0. The molecule has 2 atom stereocenters. The second kappa shape index (κ2) is 5.90. The Hall–Kier alpha value is -1.02. The standard InChI is InChI=1S/C14H23NO/c1-5-12(4)14(15)9-16-13-7-10(2)6-11(3)8-13/h6-8,12,14H,5,9,15H2,1-4H3. The molecular formula is C14H23NO. The summed E-state index contributed by atoms with van der Waals surface area (Å²) < 4.78 is 5.73. The van der Waals surface area contributed by atoms with Gasteiger partial charge in [0.1, 0.15) is 12.4 Å². The van der Waals surface area contributed by atoms with Crippen LogP contribution in [0.5, 0.6) is 5.75 Å². The molecule has 0 bridgehead atoms. The summed E-state index contributed by atoms with van der Waals surface area (Å²) in [4.78, 5) is 0. The minimum Gasteiger partial charge on any atom is -0.492 e. The van der Waals surface area contributed by atoms with E-state index in [4.69, 9.17) is 10.5 Å². The molecule has 1 aromatic carbocycles. The molecule has 0 radical (unpaired) electrons. The van der Waals surface area contributed by atoms with E-state index in [0.717, 1.165) is 12.2 Å². The second-order valence-electron chi connectivity index (χ2n) is 4.68. The molecule has 2 nitrogen and oxygen atoms in total. The van der Waals surface area contributed by atoms with Crippen LogP contribution in [0.4, 0.5) is 0 Å². The van der Waals surface area contributed by atoms with Gasteiger partial charge in [0.2, 0.25) is 0 Å². The summed E-state index contributed by atoms with van der Waals surface area (Å²) in [6.07, 6.45) is 1.09. The lowest BCUT2D eigenvalue weighted by molar-refractivity contribution is 0.250. The van der Waals surface area contributed by atoms with Gasteiger partial charge in [-0.2, -0.15) is 0 Å². The van der Waals surface area contributed by atoms with E-state index in [1.165, 1.54) is 11.1 Å². The van der Waals surface area contributed by atoms with E-state index >= 15 is 0 Å². The minimum absolute atomic E-state index is 0.116. The number of hydrogen-bond acceptors (Lipinski definition) is 2. The van der Waals surface area contributed by atoms with Crippen molar-refractivity contribution in [3.63, 3.8) is 0 Å². The molecule has 1 rings (SSSR count). The van der Waals surface area contributed by atoms with E-state index in [9.17, 15) is 0 Å². The van der Waals surface area contributed by atoms with Crippen molar-refractivity contribution in [2.24, 2.45) is 11.7 Å². The number of hydrogen-bond donors (Lipinski definition) is 1. The number of rotatable bonds is 5. The number of aryl methyl sites for hydroxylation is 2. The zero-order valence-electron chi connectivity index (χ0n) is 10.8. The maximum absolute atomic E-state index is 6.03. The Morgan fingerprint density at radius 1 is 1.19 bits per heavy atom. The van der Waals surface area contributed by atoms with Gasteiger partial charge in [-0.15, -0.1) is 0 Å². The Labute approximate surface area is 98.8 Å². The molecule has 0 saturated heterocycles. The van der Waals surface area contributed by atoms with Crippen molar-refractivity contribution >= 4 is 0 Å². The SMILES string of the molecule is CCC(C)C(N)COc1cc(C)cc(C)c1. The third kappa shape index (κ3) is 3.86. The van der Waals surface area contributed by atoms with Gasteiger partial charge >= 0.3 is 0 Å². The molecule has 0 aliphatic heterocycles. The van der Waals surface area contributed by atoms with Gasteiger partial charge in [0, 0.05) is 6.04 Å². The van der Waals surface area contributed by atoms with Gasteiger partial charge in [-0.3, -0.25) is 0 Å². The molecule has 0 aliphatic carbocycles. The minimum atomic E-state index is 0.116. The van der Waals surface area contributed by atoms with Crippen molar-refractivity contribution in [1.29, 1.82) is 0 Å². The zero-order valence-corrected chi connectivity index (χ0v) is 10.8. The Kier molecular flexibility index (Phi) is 4.81. The third-order valence-electron chi connectivity index (χ3n) is 3.01. The van der Waals surface area contributed by atoms with E-state index in [2.05, 4.69) is 45.9 Å². The zero-order chi connectivity index (χ0) is 12.1. The monoisotopic (exact) mass is 221 g/mol. The van der Waals surface area contributed by atoms with Gasteiger partial charge in [0.25, 0.3) is 0 Å². The van der Waals surface area contributed by atoms with Crippen molar-refractivity contribution in [3.05, 3.63) is 29.3 Å². The van der Waals surface area contributed by atoms with Crippen LogP contribution in [0.1, 0.15) is 31.4 Å². The summed E-state index contributed by atoms with van der Waals surface area (Å²) in [6, 6.07) is 6.36. The highest BCUT2D eigenvalue weighted by atomic mass is 16.5. The molecule has 0 aliphatic rings. The number of ether oxygens (including phenoxy) is 1. The molecule has 0 spiro atoms. The summed E-state index contributed by atoms with van der Waals surface area (Å²) in [5.74, 6) is 1.43. The Bertz CT molecular complexity index is 315. The van der Waals surface area contributed by atoms with Crippen molar-refractivity contribution in [2.45, 2.75) is 40.2 Å². The van der Waals surface area contributed by atoms with Crippen LogP contribution < -0.4 is 10.5 Å². The lowest BCUT2D eigenvalue weighted by Gasteiger charge is -2.19. The fourth-order valence-electron chi connectivity index (χ4n) is 1.68. The average molecular weight is 221 g/mol. The summed E-state index contributed by atoms with van der Waals surface area (Å²) in [5.41, 5.74) is 8.48. The second-order valence-corrected chi connectivity index (χ2v) is 4.68. The molecule has 0 saturated carbocycles. The molecule has 0 heterocycles. The van der Waals surface area contributed by atoms with Crippen molar-refractivity contribution < 1.29 is 4.74 Å². The first-order chi connectivity index (χ1) is 7.52. The van der Waals surface area contributed by atoms with Crippen LogP contribution in [0.25, 0.3) is 0 Å².